The molecule has 0 aliphatic heterocycles. The molecule has 4 nitrogen and oxygen atoms in total. The third-order valence-electron chi connectivity index (χ3n) is 3.49. The van der Waals surface area contributed by atoms with Crippen LogP contribution in [0.5, 0.6) is 0 Å². The van der Waals surface area contributed by atoms with Gasteiger partial charge in [-0.2, -0.15) is 0 Å². The van der Waals surface area contributed by atoms with E-state index >= 15 is 0 Å². The van der Waals surface area contributed by atoms with Crippen LogP contribution in [0.1, 0.15) is 44.7 Å². The van der Waals surface area contributed by atoms with Gasteiger partial charge in [-0.05, 0) is 19.3 Å². The zero-order valence-electron chi connectivity index (χ0n) is 10.5. The molecule has 0 spiro atoms. The van der Waals surface area contributed by atoms with Crippen molar-refractivity contribution in [3.8, 4) is 0 Å². The highest BCUT2D eigenvalue weighted by atomic mass is 15.1. The molecule has 17 heavy (non-hydrogen) atoms. The van der Waals surface area contributed by atoms with Crippen LogP contribution in [0.2, 0.25) is 0 Å². The highest BCUT2D eigenvalue weighted by molar-refractivity contribution is 5.36. The van der Waals surface area contributed by atoms with E-state index in [1.807, 2.05) is 6.07 Å². The molecule has 4 heteroatoms. The number of aryl methyl sites for hydroxylation is 1. The summed E-state index contributed by atoms with van der Waals surface area (Å²) in [6.45, 7) is 2.10. The third-order valence-corrected chi connectivity index (χ3v) is 3.49. The lowest BCUT2D eigenvalue weighted by Crippen LogP contribution is -2.39. The normalized spacial score (nSPS) is 25.3. The van der Waals surface area contributed by atoms with Gasteiger partial charge in [-0.15, -0.1) is 0 Å². The van der Waals surface area contributed by atoms with Crippen molar-refractivity contribution in [2.75, 3.05) is 5.32 Å². The Morgan fingerprint density at radius 2 is 2.12 bits per heavy atom. The average Bonchev–Trinajstić information content (AvgIpc) is 2.55. The predicted octanol–water partition coefficient (Wildman–Crippen LogP) is 2.11. The highest BCUT2D eigenvalue weighted by Gasteiger charge is 2.20. The van der Waals surface area contributed by atoms with Crippen molar-refractivity contribution in [1.82, 2.24) is 9.97 Å². The molecule has 94 valence electrons. The zero-order valence-corrected chi connectivity index (χ0v) is 10.5. The molecule has 0 amide bonds. The van der Waals surface area contributed by atoms with E-state index < -0.39 is 0 Å². The first kappa shape index (κ1) is 12.3. The van der Waals surface area contributed by atoms with E-state index in [4.69, 9.17) is 5.73 Å². The van der Waals surface area contributed by atoms with Crippen molar-refractivity contribution in [3.05, 3.63) is 18.1 Å². The molecule has 1 saturated carbocycles. The number of anilines is 1. The van der Waals surface area contributed by atoms with E-state index in [2.05, 4.69) is 22.2 Å². The minimum Gasteiger partial charge on any atom is -0.366 e. The van der Waals surface area contributed by atoms with Gasteiger partial charge in [0.1, 0.15) is 12.1 Å². The van der Waals surface area contributed by atoms with Gasteiger partial charge in [0, 0.05) is 23.8 Å². The first-order valence-corrected chi connectivity index (χ1v) is 6.62. The molecule has 1 heterocycles. The van der Waals surface area contributed by atoms with Gasteiger partial charge in [-0.3, -0.25) is 0 Å². The lowest BCUT2D eigenvalue weighted by Gasteiger charge is -2.23. The fourth-order valence-electron chi connectivity index (χ4n) is 2.38. The SMILES string of the molecule is CCc1cc(NC2CCCCCC2N)ncn1. The fourth-order valence-corrected chi connectivity index (χ4v) is 2.38. The van der Waals surface area contributed by atoms with Crippen LogP contribution in [0.4, 0.5) is 5.82 Å². The van der Waals surface area contributed by atoms with Gasteiger partial charge in [0.15, 0.2) is 0 Å². The molecule has 3 N–H and O–H groups in total. The quantitative estimate of drug-likeness (QED) is 0.786. The Balaban J connectivity index is 2.02. The molecule has 0 aromatic carbocycles. The first-order valence-electron chi connectivity index (χ1n) is 6.62. The van der Waals surface area contributed by atoms with Crippen LogP contribution in [-0.4, -0.2) is 22.1 Å². The third kappa shape index (κ3) is 3.40. The highest BCUT2D eigenvalue weighted by Crippen LogP contribution is 2.19. The second kappa shape index (κ2) is 5.96. The van der Waals surface area contributed by atoms with Crippen LogP contribution < -0.4 is 11.1 Å². The molecule has 2 atom stereocenters. The smallest absolute Gasteiger partial charge is 0.129 e. The minimum atomic E-state index is 0.248. The average molecular weight is 234 g/mol. The predicted molar refractivity (Wildman–Crippen MR) is 69.9 cm³/mol. The maximum absolute atomic E-state index is 6.19. The topological polar surface area (TPSA) is 63.8 Å². The Hall–Kier alpha value is -1.16. The molecule has 0 bridgehead atoms. The number of aromatic nitrogens is 2. The molecular weight excluding hydrogens is 212 g/mol. The van der Waals surface area contributed by atoms with E-state index in [-0.39, 0.29) is 6.04 Å². The number of nitrogens with one attached hydrogen (secondary N) is 1. The summed E-state index contributed by atoms with van der Waals surface area (Å²) in [6.07, 6.45) is 8.64. The van der Waals surface area contributed by atoms with Crippen molar-refractivity contribution >= 4 is 5.82 Å². The molecule has 1 aromatic rings. The second-order valence-electron chi connectivity index (χ2n) is 4.80. The van der Waals surface area contributed by atoms with E-state index in [9.17, 15) is 0 Å². The van der Waals surface area contributed by atoms with Gasteiger partial charge < -0.3 is 11.1 Å². The van der Waals surface area contributed by atoms with Crippen LogP contribution in [0.3, 0.4) is 0 Å². The lowest BCUT2D eigenvalue weighted by atomic mass is 10.0. The maximum atomic E-state index is 6.19. The zero-order chi connectivity index (χ0) is 12.1. The minimum absolute atomic E-state index is 0.248. The van der Waals surface area contributed by atoms with Crippen molar-refractivity contribution in [2.24, 2.45) is 5.73 Å². The number of hydrogen-bond acceptors (Lipinski definition) is 4. The van der Waals surface area contributed by atoms with Crippen LogP contribution in [-0.2, 0) is 6.42 Å². The van der Waals surface area contributed by atoms with Crippen LogP contribution in [0, 0.1) is 0 Å². The van der Waals surface area contributed by atoms with Gasteiger partial charge in [0.05, 0.1) is 0 Å². The van der Waals surface area contributed by atoms with Gasteiger partial charge in [0.25, 0.3) is 0 Å². The van der Waals surface area contributed by atoms with Crippen LogP contribution in [0.25, 0.3) is 0 Å². The van der Waals surface area contributed by atoms with E-state index in [0.29, 0.717) is 6.04 Å². The fraction of sp³-hybridized carbons (Fsp3) is 0.692. The summed E-state index contributed by atoms with van der Waals surface area (Å²) in [7, 11) is 0. The van der Waals surface area contributed by atoms with E-state index in [1.165, 1.54) is 19.3 Å². The molecule has 1 aliphatic rings. The summed E-state index contributed by atoms with van der Waals surface area (Å²) in [5.41, 5.74) is 7.27. The summed E-state index contributed by atoms with van der Waals surface area (Å²) >= 11 is 0. The molecular formula is C13H22N4. The molecule has 0 radical (unpaired) electrons. The summed E-state index contributed by atoms with van der Waals surface area (Å²) in [6, 6.07) is 2.63. The molecule has 2 rings (SSSR count). The van der Waals surface area contributed by atoms with Gasteiger partial charge in [-0.25, -0.2) is 9.97 Å². The van der Waals surface area contributed by atoms with E-state index in [0.717, 1.165) is 30.8 Å². The largest absolute Gasteiger partial charge is 0.366 e. The van der Waals surface area contributed by atoms with E-state index in [1.54, 1.807) is 6.33 Å². The Labute approximate surface area is 103 Å². The lowest BCUT2D eigenvalue weighted by molar-refractivity contribution is 0.527. The molecule has 0 saturated heterocycles. The summed E-state index contributed by atoms with van der Waals surface area (Å²) in [5, 5.41) is 3.47. The molecule has 1 aliphatic carbocycles. The summed E-state index contributed by atoms with van der Waals surface area (Å²) in [5.74, 6) is 0.916. The van der Waals surface area contributed by atoms with Crippen molar-refractivity contribution < 1.29 is 0 Å². The Morgan fingerprint density at radius 1 is 1.29 bits per heavy atom. The van der Waals surface area contributed by atoms with Crippen molar-refractivity contribution in [2.45, 2.75) is 57.5 Å². The van der Waals surface area contributed by atoms with Gasteiger partial charge in [0.2, 0.25) is 0 Å². The van der Waals surface area contributed by atoms with Gasteiger partial charge in [-0.1, -0.05) is 26.2 Å². The van der Waals surface area contributed by atoms with Gasteiger partial charge >= 0.3 is 0 Å². The number of hydrogen-bond donors (Lipinski definition) is 2. The monoisotopic (exact) mass is 234 g/mol. The standard InChI is InChI=1S/C13H22N4/c1-2-10-8-13(16-9-15-10)17-12-7-5-3-4-6-11(12)14/h8-9,11-12H,2-7,14H2,1H3,(H,15,16,17). The Morgan fingerprint density at radius 3 is 2.94 bits per heavy atom. The molecule has 2 unspecified atom stereocenters. The number of nitrogens with two attached hydrogens (primary N) is 1. The Bertz CT molecular complexity index is 353. The Kier molecular flexibility index (Phi) is 4.31. The summed E-state index contributed by atoms with van der Waals surface area (Å²) in [4.78, 5) is 8.47. The molecule has 1 fully saturated rings. The number of rotatable bonds is 3. The second-order valence-corrected chi connectivity index (χ2v) is 4.80. The van der Waals surface area contributed by atoms with Crippen molar-refractivity contribution in [1.29, 1.82) is 0 Å². The molecule has 1 aromatic heterocycles. The maximum Gasteiger partial charge on any atom is 0.129 e. The van der Waals surface area contributed by atoms with Crippen LogP contribution >= 0.6 is 0 Å². The number of nitrogens with zero attached hydrogens (tertiary/aromatic N) is 2. The van der Waals surface area contributed by atoms with Crippen LogP contribution in [0.15, 0.2) is 12.4 Å². The summed E-state index contributed by atoms with van der Waals surface area (Å²) < 4.78 is 0. The van der Waals surface area contributed by atoms with Crippen molar-refractivity contribution in [3.63, 3.8) is 0 Å². The first-order chi connectivity index (χ1) is 8.29.